The summed E-state index contributed by atoms with van der Waals surface area (Å²) in [6, 6.07) is 3.17. The lowest BCUT2D eigenvalue weighted by Crippen LogP contribution is -2.11. The van der Waals surface area contributed by atoms with Crippen molar-refractivity contribution in [3.63, 3.8) is 0 Å². The van der Waals surface area contributed by atoms with Gasteiger partial charge in [0.05, 0.1) is 14.2 Å². The first-order valence-electron chi connectivity index (χ1n) is 6.31. The Bertz CT molecular complexity index is 426. The largest absolute Gasteiger partial charge is 0.496 e. The minimum absolute atomic E-state index is 0.0227. The normalized spacial score (nSPS) is 10.7. The Morgan fingerprint density at radius 1 is 1.10 bits per heavy atom. The highest BCUT2D eigenvalue weighted by molar-refractivity contribution is 5.94. The highest BCUT2D eigenvalue weighted by Crippen LogP contribution is 2.34. The van der Waals surface area contributed by atoms with Gasteiger partial charge in [-0.3, -0.25) is 0 Å². The van der Waals surface area contributed by atoms with Crippen molar-refractivity contribution in [3.8, 4) is 11.5 Å². The van der Waals surface area contributed by atoms with E-state index in [-0.39, 0.29) is 17.1 Å². The molecule has 0 saturated carbocycles. The van der Waals surface area contributed by atoms with E-state index in [1.807, 2.05) is 13.8 Å². The molecule has 1 aromatic rings. The minimum atomic E-state index is -1.12. The smallest absolute Gasteiger partial charge is 0.343 e. The van der Waals surface area contributed by atoms with Crippen LogP contribution in [0, 0.1) is 0 Å². The van der Waals surface area contributed by atoms with Gasteiger partial charge in [0.25, 0.3) is 0 Å². The highest BCUT2D eigenvalue weighted by atomic mass is 16.7. The van der Waals surface area contributed by atoms with Crippen LogP contribution in [0.1, 0.15) is 36.1 Å². The van der Waals surface area contributed by atoms with Gasteiger partial charge in [-0.25, -0.2) is 4.79 Å². The van der Waals surface area contributed by atoms with Gasteiger partial charge >= 0.3 is 5.97 Å². The van der Waals surface area contributed by atoms with Crippen molar-refractivity contribution in [1.82, 2.24) is 0 Å². The van der Waals surface area contributed by atoms with Crippen LogP contribution >= 0.6 is 0 Å². The predicted octanol–water partition coefficient (Wildman–Crippen LogP) is 2.47. The van der Waals surface area contributed by atoms with Gasteiger partial charge in [0.15, 0.2) is 6.29 Å². The molecule has 0 fully saturated rings. The zero-order valence-corrected chi connectivity index (χ0v) is 12.1. The molecule has 0 unspecified atom stereocenters. The number of ether oxygens (including phenoxy) is 4. The fourth-order valence-corrected chi connectivity index (χ4v) is 1.82. The third kappa shape index (κ3) is 3.61. The number of aromatic carboxylic acids is 1. The number of hydrogen-bond donors (Lipinski definition) is 1. The maximum Gasteiger partial charge on any atom is 0.343 e. The number of benzene rings is 1. The second-order valence-corrected chi connectivity index (χ2v) is 3.85. The van der Waals surface area contributed by atoms with Crippen LogP contribution in [0.2, 0.25) is 0 Å². The average Bonchev–Trinajstić information content (AvgIpc) is 2.45. The van der Waals surface area contributed by atoms with Gasteiger partial charge < -0.3 is 24.1 Å². The third-order valence-electron chi connectivity index (χ3n) is 2.65. The fraction of sp³-hybridized carbons (Fsp3) is 0.500. The molecule has 0 aromatic heterocycles. The lowest BCUT2D eigenvalue weighted by molar-refractivity contribution is -0.140. The van der Waals surface area contributed by atoms with Crippen LogP contribution in [0.4, 0.5) is 0 Å². The van der Waals surface area contributed by atoms with Crippen molar-refractivity contribution in [1.29, 1.82) is 0 Å². The SMILES string of the molecule is CCOC(OCC)c1cc(OC)c(C(=O)O)c(OC)c1. The lowest BCUT2D eigenvalue weighted by Gasteiger charge is -2.20. The Hall–Kier alpha value is -1.79. The van der Waals surface area contributed by atoms with Crippen LogP contribution in [-0.4, -0.2) is 38.5 Å². The molecule has 0 atom stereocenters. The topological polar surface area (TPSA) is 74.2 Å². The summed E-state index contributed by atoms with van der Waals surface area (Å²) in [5.74, 6) is -0.706. The Labute approximate surface area is 118 Å². The summed E-state index contributed by atoms with van der Waals surface area (Å²) in [6.07, 6.45) is -0.587. The molecule has 0 radical (unpaired) electrons. The van der Waals surface area contributed by atoms with E-state index in [0.29, 0.717) is 18.8 Å². The zero-order valence-electron chi connectivity index (χ0n) is 12.1. The zero-order chi connectivity index (χ0) is 15.1. The monoisotopic (exact) mass is 284 g/mol. The minimum Gasteiger partial charge on any atom is -0.496 e. The maximum atomic E-state index is 11.3. The van der Waals surface area contributed by atoms with E-state index in [0.717, 1.165) is 0 Å². The van der Waals surface area contributed by atoms with E-state index in [2.05, 4.69) is 0 Å². The van der Waals surface area contributed by atoms with Crippen LogP contribution in [0.3, 0.4) is 0 Å². The number of carboxylic acids is 1. The molecule has 0 spiro atoms. The first kappa shape index (κ1) is 16.3. The molecule has 0 saturated heterocycles. The van der Waals surface area contributed by atoms with E-state index in [9.17, 15) is 9.90 Å². The van der Waals surface area contributed by atoms with Crippen molar-refractivity contribution in [2.75, 3.05) is 27.4 Å². The molecule has 0 aliphatic carbocycles. The lowest BCUT2D eigenvalue weighted by atomic mass is 10.1. The van der Waals surface area contributed by atoms with Gasteiger partial charge in [-0.2, -0.15) is 0 Å². The van der Waals surface area contributed by atoms with Crippen LogP contribution in [0.5, 0.6) is 11.5 Å². The first-order chi connectivity index (χ1) is 9.58. The molecule has 0 aliphatic rings. The quantitative estimate of drug-likeness (QED) is 0.739. The van der Waals surface area contributed by atoms with Crippen molar-refractivity contribution in [3.05, 3.63) is 23.3 Å². The number of carbonyl (C=O) groups is 1. The fourth-order valence-electron chi connectivity index (χ4n) is 1.82. The van der Waals surface area contributed by atoms with Gasteiger partial charge in [0.1, 0.15) is 17.1 Å². The first-order valence-corrected chi connectivity index (χ1v) is 6.31. The molecule has 0 aliphatic heterocycles. The van der Waals surface area contributed by atoms with Crippen molar-refractivity contribution in [2.24, 2.45) is 0 Å². The van der Waals surface area contributed by atoms with Crippen LogP contribution < -0.4 is 9.47 Å². The molecule has 20 heavy (non-hydrogen) atoms. The molecule has 1 rings (SSSR count). The van der Waals surface area contributed by atoms with Gasteiger partial charge in [0.2, 0.25) is 0 Å². The van der Waals surface area contributed by atoms with Gasteiger partial charge in [-0.1, -0.05) is 0 Å². The van der Waals surface area contributed by atoms with E-state index in [1.165, 1.54) is 14.2 Å². The molecule has 0 bridgehead atoms. The molecule has 0 heterocycles. The van der Waals surface area contributed by atoms with Gasteiger partial charge in [-0.15, -0.1) is 0 Å². The van der Waals surface area contributed by atoms with Crippen molar-refractivity contribution < 1.29 is 28.8 Å². The van der Waals surface area contributed by atoms with Gasteiger partial charge in [0, 0.05) is 18.8 Å². The van der Waals surface area contributed by atoms with Crippen LogP contribution in [-0.2, 0) is 9.47 Å². The van der Waals surface area contributed by atoms with E-state index in [1.54, 1.807) is 12.1 Å². The van der Waals surface area contributed by atoms with E-state index < -0.39 is 12.3 Å². The molecule has 1 N–H and O–H groups in total. The van der Waals surface area contributed by atoms with Crippen molar-refractivity contribution in [2.45, 2.75) is 20.1 Å². The third-order valence-corrected chi connectivity index (χ3v) is 2.65. The number of carboxylic acid groups (broad SMARTS) is 1. The Balaban J connectivity index is 3.31. The molecule has 0 amide bonds. The number of hydrogen-bond acceptors (Lipinski definition) is 5. The molecule has 1 aromatic carbocycles. The Morgan fingerprint density at radius 2 is 1.55 bits per heavy atom. The number of rotatable bonds is 8. The predicted molar refractivity (Wildman–Crippen MR) is 72.5 cm³/mol. The summed E-state index contributed by atoms with van der Waals surface area (Å²) < 4.78 is 21.2. The summed E-state index contributed by atoms with van der Waals surface area (Å²) in [7, 11) is 2.81. The summed E-state index contributed by atoms with van der Waals surface area (Å²) in [6.45, 7) is 4.64. The molecule has 6 heteroatoms. The second-order valence-electron chi connectivity index (χ2n) is 3.85. The second kappa shape index (κ2) is 7.72. The number of methoxy groups -OCH3 is 2. The Kier molecular flexibility index (Phi) is 6.27. The van der Waals surface area contributed by atoms with E-state index >= 15 is 0 Å². The van der Waals surface area contributed by atoms with Crippen molar-refractivity contribution >= 4 is 5.97 Å². The van der Waals surface area contributed by atoms with Crippen LogP contribution in [0.25, 0.3) is 0 Å². The van der Waals surface area contributed by atoms with E-state index in [4.69, 9.17) is 18.9 Å². The summed E-state index contributed by atoms with van der Waals surface area (Å²) in [4.78, 5) is 11.3. The molecule has 6 nitrogen and oxygen atoms in total. The highest BCUT2D eigenvalue weighted by Gasteiger charge is 2.22. The molecular formula is C14H20O6. The summed E-state index contributed by atoms with van der Waals surface area (Å²) in [5, 5.41) is 9.22. The summed E-state index contributed by atoms with van der Waals surface area (Å²) >= 11 is 0. The van der Waals surface area contributed by atoms with Crippen LogP contribution in [0.15, 0.2) is 12.1 Å². The average molecular weight is 284 g/mol. The molecule has 112 valence electrons. The molecular weight excluding hydrogens is 264 g/mol. The Morgan fingerprint density at radius 3 is 1.85 bits per heavy atom. The van der Waals surface area contributed by atoms with Gasteiger partial charge in [-0.05, 0) is 26.0 Å². The summed E-state index contributed by atoms with van der Waals surface area (Å²) in [5.41, 5.74) is 0.623. The maximum absolute atomic E-state index is 11.3. The standard InChI is InChI=1S/C14H20O6/c1-5-19-14(20-6-2)9-7-10(17-3)12(13(15)16)11(8-9)18-4/h7-8,14H,5-6H2,1-4H3,(H,15,16).